The first-order valence-electron chi connectivity index (χ1n) is 7.89. The van der Waals surface area contributed by atoms with Crippen LogP contribution in [0.1, 0.15) is 32.4 Å². The summed E-state index contributed by atoms with van der Waals surface area (Å²) in [6.45, 7) is 5.22. The summed E-state index contributed by atoms with van der Waals surface area (Å²) in [6, 6.07) is 8.76. The number of hydrogen-bond donors (Lipinski definition) is 1. The first kappa shape index (κ1) is 16.0. The fourth-order valence-corrected chi connectivity index (χ4v) is 2.98. The first-order chi connectivity index (χ1) is 10.2. The predicted octanol–water partition coefficient (Wildman–Crippen LogP) is 3.00. The quantitative estimate of drug-likeness (QED) is 0.812. The highest BCUT2D eigenvalue weighted by Gasteiger charge is 2.22. The smallest absolute Gasteiger partial charge is 0.0727 e. The van der Waals surface area contributed by atoms with E-state index in [0.717, 1.165) is 31.5 Å². The Kier molecular flexibility index (Phi) is 5.76. The molecule has 0 aliphatic carbocycles. The van der Waals surface area contributed by atoms with E-state index in [1.165, 1.54) is 10.9 Å². The zero-order valence-corrected chi connectivity index (χ0v) is 13.6. The minimum absolute atomic E-state index is 0.227. The Balaban J connectivity index is 2.29. The van der Waals surface area contributed by atoms with Gasteiger partial charge in [0.1, 0.15) is 0 Å². The SMILES string of the molecule is CCCC(OC)C(Cc1nn(CC)c2ccccc12)NC. The molecule has 0 fully saturated rings. The summed E-state index contributed by atoms with van der Waals surface area (Å²) in [5, 5.41) is 9.45. The number of para-hydroxylation sites is 1. The van der Waals surface area contributed by atoms with Crippen molar-refractivity contribution in [1.82, 2.24) is 15.1 Å². The monoisotopic (exact) mass is 289 g/mol. The van der Waals surface area contributed by atoms with Gasteiger partial charge in [-0.2, -0.15) is 5.10 Å². The van der Waals surface area contributed by atoms with Gasteiger partial charge in [-0.15, -0.1) is 0 Å². The van der Waals surface area contributed by atoms with Crippen LogP contribution >= 0.6 is 0 Å². The lowest BCUT2D eigenvalue weighted by Gasteiger charge is -2.25. The highest BCUT2D eigenvalue weighted by Crippen LogP contribution is 2.21. The van der Waals surface area contributed by atoms with Gasteiger partial charge in [-0.3, -0.25) is 4.68 Å². The van der Waals surface area contributed by atoms with Gasteiger partial charge in [-0.05, 0) is 26.5 Å². The third-order valence-electron chi connectivity index (χ3n) is 4.14. The number of aryl methyl sites for hydroxylation is 1. The molecular weight excluding hydrogens is 262 g/mol. The summed E-state index contributed by atoms with van der Waals surface area (Å²) in [6.07, 6.45) is 3.31. The van der Waals surface area contributed by atoms with Crippen LogP contribution in [0.15, 0.2) is 24.3 Å². The summed E-state index contributed by atoms with van der Waals surface area (Å²) in [4.78, 5) is 0. The zero-order chi connectivity index (χ0) is 15.2. The fourth-order valence-electron chi connectivity index (χ4n) is 2.98. The molecule has 0 saturated heterocycles. The minimum Gasteiger partial charge on any atom is -0.380 e. The second-order valence-electron chi connectivity index (χ2n) is 5.44. The maximum absolute atomic E-state index is 5.66. The Morgan fingerprint density at radius 2 is 2.05 bits per heavy atom. The van der Waals surface area contributed by atoms with E-state index in [2.05, 4.69) is 48.1 Å². The number of likely N-dealkylation sites (N-methyl/N-ethyl adjacent to an activating group) is 1. The van der Waals surface area contributed by atoms with Crippen molar-refractivity contribution < 1.29 is 4.74 Å². The molecule has 1 N–H and O–H groups in total. The van der Waals surface area contributed by atoms with Gasteiger partial charge in [-0.25, -0.2) is 0 Å². The number of hydrogen-bond acceptors (Lipinski definition) is 3. The van der Waals surface area contributed by atoms with E-state index in [1.807, 2.05) is 7.05 Å². The van der Waals surface area contributed by atoms with Gasteiger partial charge in [-0.1, -0.05) is 31.5 Å². The van der Waals surface area contributed by atoms with E-state index < -0.39 is 0 Å². The molecule has 2 rings (SSSR count). The molecule has 0 aliphatic heterocycles. The van der Waals surface area contributed by atoms with Crippen LogP contribution in [0, 0.1) is 0 Å². The molecule has 1 aromatic carbocycles. The summed E-state index contributed by atoms with van der Waals surface area (Å²) >= 11 is 0. The largest absolute Gasteiger partial charge is 0.380 e. The average Bonchev–Trinajstić information content (AvgIpc) is 2.88. The predicted molar refractivity (Wildman–Crippen MR) is 87.7 cm³/mol. The Labute approximate surface area is 127 Å². The molecule has 2 unspecified atom stereocenters. The summed E-state index contributed by atoms with van der Waals surface area (Å²) in [7, 11) is 3.80. The van der Waals surface area contributed by atoms with Crippen LogP contribution in [0.5, 0.6) is 0 Å². The number of methoxy groups -OCH3 is 1. The normalized spacial score (nSPS) is 14.5. The summed E-state index contributed by atoms with van der Waals surface area (Å²) in [5.74, 6) is 0. The Hall–Kier alpha value is -1.39. The minimum atomic E-state index is 0.227. The molecule has 0 bridgehead atoms. The van der Waals surface area contributed by atoms with Gasteiger partial charge in [0.2, 0.25) is 0 Å². The third-order valence-corrected chi connectivity index (χ3v) is 4.14. The van der Waals surface area contributed by atoms with Crippen LogP contribution in [0.4, 0.5) is 0 Å². The maximum atomic E-state index is 5.66. The highest BCUT2D eigenvalue weighted by atomic mass is 16.5. The summed E-state index contributed by atoms with van der Waals surface area (Å²) < 4.78 is 7.75. The van der Waals surface area contributed by atoms with Gasteiger partial charge in [0.05, 0.1) is 17.3 Å². The molecule has 0 saturated carbocycles. The number of nitrogens with zero attached hydrogens (tertiary/aromatic N) is 2. The molecule has 2 atom stereocenters. The number of fused-ring (bicyclic) bond motifs is 1. The second kappa shape index (κ2) is 7.57. The van der Waals surface area contributed by atoms with E-state index in [4.69, 9.17) is 9.84 Å². The van der Waals surface area contributed by atoms with E-state index >= 15 is 0 Å². The number of rotatable bonds is 8. The lowest BCUT2D eigenvalue weighted by molar-refractivity contribution is 0.0630. The average molecular weight is 289 g/mol. The van der Waals surface area contributed by atoms with Gasteiger partial charge < -0.3 is 10.1 Å². The molecule has 0 spiro atoms. The van der Waals surface area contributed by atoms with Crippen molar-refractivity contribution in [2.24, 2.45) is 0 Å². The molecule has 0 amide bonds. The lowest BCUT2D eigenvalue weighted by Crippen LogP contribution is -2.40. The van der Waals surface area contributed by atoms with Gasteiger partial charge >= 0.3 is 0 Å². The van der Waals surface area contributed by atoms with Gasteiger partial charge in [0.15, 0.2) is 0 Å². The zero-order valence-electron chi connectivity index (χ0n) is 13.6. The second-order valence-corrected chi connectivity index (χ2v) is 5.44. The Morgan fingerprint density at radius 3 is 2.67 bits per heavy atom. The lowest BCUT2D eigenvalue weighted by atomic mass is 10.00. The molecule has 0 aliphatic rings. The highest BCUT2D eigenvalue weighted by molar-refractivity contribution is 5.82. The molecule has 0 radical (unpaired) electrons. The van der Waals surface area contributed by atoms with Crippen LogP contribution in [0.25, 0.3) is 10.9 Å². The molecule has 1 aromatic heterocycles. The number of benzene rings is 1. The summed E-state index contributed by atoms with van der Waals surface area (Å²) in [5.41, 5.74) is 2.37. The van der Waals surface area contributed by atoms with Crippen molar-refractivity contribution in [3.63, 3.8) is 0 Å². The number of ether oxygens (including phenoxy) is 1. The molecular formula is C17H27N3O. The molecule has 4 nitrogen and oxygen atoms in total. The van der Waals surface area contributed by atoms with Crippen LogP contribution in [-0.2, 0) is 17.7 Å². The molecule has 4 heteroatoms. The molecule has 21 heavy (non-hydrogen) atoms. The molecule has 116 valence electrons. The van der Waals surface area contributed by atoms with Crippen LogP contribution in [0.3, 0.4) is 0 Å². The third kappa shape index (κ3) is 3.44. The van der Waals surface area contributed by atoms with Crippen molar-refractivity contribution in [1.29, 1.82) is 0 Å². The van der Waals surface area contributed by atoms with E-state index in [0.29, 0.717) is 6.04 Å². The number of nitrogens with one attached hydrogen (secondary N) is 1. The van der Waals surface area contributed by atoms with E-state index in [-0.39, 0.29) is 6.10 Å². The van der Waals surface area contributed by atoms with E-state index in [1.54, 1.807) is 7.11 Å². The Bertz CT molecular complexity index is 564. The first-order valence-corrected chi connectivity index (χ1v) is 7.89. The van der Waals surface area contributed by atoms with Crippen LogP contribution in [0.2, 0.25) is 0 Å². The van der Waals surface area contributed by atoms with Crippen molar-refractivity contribution in [3.8, 4) is 0 Å². The van der Waals surface area contributed by atoms with Crippen molar-refractivity contribution >= 4 is 10.9 Å². The number of aromatic nitrogens is 2. The van der Waals surface area contributed by atoms with Gasteiger partial charge in [0.25, 0.3) is 0 Å². The van der Waals surface area contributed by atoms with Gasteiger partial charge in [0, 0.05) is 31.5 Å². The van der Waals surface area contributed by atoms with Crippen molar-refractivity contribution in [2.75, 3.05) is 14.2 Å². The molecule has 1 heterocycles. The standard InChI is InChI=1S/C17H27N3O/c1-5-9-17(21-4)15(18-3)12-14-13-10-7-8-11-16(13)20(6-2)19-14/h7-8,10-11,15,17-18H,5-6,9,12H2,1-4H3. The topological polar surface area (TPSA) is 39.1 Å². The van der Waals surface area contributed by atoms with Crippen molar-refractivity contribution in [2.45, 2.75) is 51.8 Å². The van der Waals surface area contributed by atoms with Crippen LogP contribution in [-0.4, -0.2) is 36.1 Å². The fraction of sp³-hybridized carbons (Fsp3) is 0.588. The van der Waals surface area contributed by atoms with Crippen molar-refractivity contribution in [3.05, 3.63) is 30.0 Å². The Morgan fingerprint density at radius 1 is 1.29 bits per heavy atom. The maximum Gasteiger partial charge on any atom is 0.0727 e. The van der Waals surface area contributed by atoms with Crippen LogP contribution < -0.4 is 5.32 Å². The van der Waals surface area contributed by atoms with E-state index in [9.17, 15) is 0 Å². The molecule has 2 aromatic rings.